The minimum atomic E-state index is -0.206. The zero-order valence-electron chi connectivity index (χ0n) is 11.0. The second-order valence-corrected chi connectivity index (χ2v) is 5.32. The summed E-state index contributed by atoms with van der Waals surface area (Å²) in [5, 5.41) is 3.18. The number of methoxy groups -OCH3 is 1. The van der Waals surface area contributed by atoms with E-state index in [1.807, 2.05) is 0 Å². The van der Waals surface area contributed by atoms with Gasteiger partial charge in [-0.2, -0.15) is 0 Å². The van der Waals surface area contributed by atoms with Crippen molar-refractivity contribution < 1.29 is 9.53 Å². The van der Waals surface area contributed by atoms with Gasteiger partial charge in [0.05, 0.1) is 0 Å². The van der Waals surface area contributed by atoms with Crippen LogP contribution in [-0.4, -0.2) is 31.2 Å². The predicted molar refractivity (Wildman–Crippen MR) is 71.9 cm³/mol. The van der Waals surface area contributed by atoms with Gasteiger partial charge in [0.25, 0.3) is 5.91 Å². The van der Waals surface area contributed by atoms with Gasteiger partial charge in [-0.1, -0.05) is 31.5 Å². The molecule has 0 radical (unpaired) electrons. The molecule has 0 fully saturated rings. The number of carbonyl (C=O) groups is 1. The first-order valence-electron chi connectivity index (χ1n) is 5.84. The summed E-state index contributed by atoms with van der Waals surface area (Å²) >= 11 is 5.74. The van der Waals surface area contributed by atoms with Crippen molar-refractivity contribution in [1.29, 1.82) is 0 Å². The largest absolute Gasteiger partial charge is 0.385 e. The van der Waals surface area contributed by atoms with Gasteiger partial charge in [0.15, 0.2) is 0 Å². The van der Waals surface area contributed by atoms with Crippen molar-refractivity contribution in [3.8, 4) is 0 Å². The number of amides is 1. The Kier molecular flexibility index (Phi) is 5.56. The van der Waals surface area contributed by atoms with E-state index in [-0.39, 0.29) is 11.3 Å². The minimum Gasteiger partial charge on any atom is -0.385 e. The van der Waals surface area contributed by atoms with Gasteiger partial charge in [-0.15, -0.1) is 0 Å². The third kappa shape index (κ3) is 5.02. The molecule has 1 N–H and O–H groups in total. The van der Waals surface area contributed by atoms with Gasteiger partial charge in [0, 0.05) is 20.3 Å². The number of nitrogens with one attached hydrogen (secondary N) is 1. The van der Waals surface area contributed by atoms with Crippen LogP contribution in [0.15, 0.2) is 18.2 Å². The first kappa shape index (κ1) is 14.9. The fraction of sp³-hybridized carbons (Fsp3) is 0.538. The normalized spacial score (nSPS) is 11.3. The second-order valence-electron chi connectivity index (χ2n) is 4.94. The molecule has 5 heteroatoms. The molecule has 1 aromatic heterocycles. The number of halogens is 1. The molecule has 0 unspecified atom stereocenters. The van der Waals surface area contributed by atoms with E-state index in [4.69, 9.17) is 16.3 Å². The van der Waals surface area contributed by atoms with Crippen LogP contribution in [0.25, 0.3) is 0 Å². The van der Waals surface area contributed by atoms with Crippen LogP contribution in [0.2, 0.25) is 5.15 Å². The predicted octanol–water partition coefficient (Wildman–Crippen LogP) is 2.53. The number of rotatable bonds is 6. The van der Waals surface area contributed by atoms with Gasteiger partial charge < -0.3 is 10.1 Å². The van der Waals surface area contributed by atoms with E-state index in [0.717, 1.165) is 6.42 Å². The molecular formula is C13H19ClN2O2. The van der Waals surface area contributed by atoms with E-state index in [1.165, 1.54) is 0 Å². The number of pyridine rings is 1. The Morgan fingerprint density at radius 3 is 2.83 bits per heavy atom. The molecule has 1 amide bonds. The molecular weight excluding hydrogens is 252 g/mol. The molecule has 0 atom stereocenters. The molecule has 0 aliphatic heterocycles. The number of ether oxygens (including phenoxy) is 1. The first-order valence-corrected chi connectivity index (χ1v) is 6.22. The summed E-state index contributed by atoms with van der Waals surface area (Å²) in [6.07, 6.45) is 0.882. The maximum absolute atomic E-state index is 11.9. The fourth-order valence-corrected chi connectivity index (χ4v) is 1.58. The second kappa shape index (κ2) is 6.71. The van der Waals surface area contributed by atoms with E-state index in [9.17, 15) is 4.79 Å². The Morgan fingerprint density at radius 2 is 2.22 bits per heavy atom. The first-order chi connectivity index (χ1) is 8.44. The quantitative estimate of drug-likeness (QED) is 0.808. The molecule has 18 heavy (non-hydrogen) atoms. The van der Waals surface area contributed by atoms with Gasteiger partial charge in [0.2, 0.25) is 0 Å². The van der Waals surface area contributed by atoms with Crippen LogP contribution in [0.3, 0.4) is 0 Å². The third-order valence-electron chi connectivity index (χ3n) is 2.66. The zero-order chi connectivity index (χ0) is 13.6. The lowest BCUT2D eigenvalue weighted by molar-refractivity contribution is 0.0916. The molecule has 0 saturated carbocycles. The Bertz CT molecular complexity index is 408. The lowest BCUT2D eigenvalue weighted by atomic mass is 9.89. The molecule has 0 saturated heterocycles. The van der Waals surface area contributed by atoms with Gasteiger partial charge in [-0.05, 0) is 24.0 Å². The topological polar surface area (TPSA) is 51.2 Å². The lowest BCUT2D eigenvalue weighted by Crippen LogP contribution is -2.35. The van der Waals surface area contributed by atoms with Crippen LogP contribution in [0.4, 0.5) is 0 Å². The molecule has 0 aliphatic carbocycles. The van der Waals surface area contributed by atoms with Crippen molar-refractivity contribution in [1.82, 2.24) is 10.3 Å². The summed E-state index contributed by atoms with van der Waals surface area (Å²) in [7, 11) is 1.67. The van der Waals surface area contributed by atoms with Gasteiger partial charge >= 0.3 is 0 Å². The van der Waals surface area contributed by atoms with Crippen LogP contribution in [0, 0.1) is 5.41 Å². The molecule has 1 rings (SSSR count). The standard InChI is InChI=1S/C13H19ClN2O2/c1-13(2,7-8-18-3)9-15-12(17)10-5-4-6-11(14)16-10/h4-6H,7-9H2,1-3H3,(H,15,17). The number of carbonyl (C=O) groups excluding carboxylic acids is 1. The van der Waals surface area contributed by atoms with Crippen molar-refractivity contribution in [2.24, 2.45) is 5.41 Å². The van der Waals surface area contributed by atoms with Crippen LogP contribution < -0.4 is 5.32 Å². The van der Waals surface area contributed by atoms with E-state index >= 15 is 0 Å². The highest BCUT2D eigenvalue weighted by Crippen LogP contribution is 2.18. The highest BCUT2D eigenvalue weighted by molar-refractivity contribution is 6.29. The van der Waals surface area contributed by atoms with Gasteiger partial charge in [-0.25, -0.2) is 4.98 Å². The molecule has 0 spiro atoms. The highest BCUT2D eigenvalue weighted by atomic mass is 35.5. The molecule has 1 heterocycles. The van der Waals surface area contributed by atoms with Crippen molar-refractivity contribution in [3.63, 3.8) is 0 Å². The SMILES string of the molecule is COCCC(C)(C)CNC(=O)c1cccc(Cl)n1. The summed E-state index contributed by atoms with van der Waals surface area (Å²) in [4.78, 5) is 15.8. The number of aromatic nitrogens is 1. The molecule has 100 valence electrons. The lowest BCUT2D eigenvalue weighted by Gasteiger charge is -2.24. The zero-order valence-corrected chi connectivity index (χ0v) is 11.8. The minimum absolute atomic E-state index is 0.00968. The average molecular weight is 271 g/mol. The van der Waals surface area contributed by atoms with Crippen molar-refractivity contribution in [2.45, 2.75) is 20.3 Å². The Hall–Kier alpha value is -1.13. The Labute approximate surface area is 113 Å². The Morgan fingerprint density at radius 1 is 1.50 bits per heavy atom. The Balaban J connectivity index is 2.50. The molecule has 4 nitrogen and oxygen atoms in total. The van der Waals surface area contributed by atoms with E-state index in [0.29, 0.717) is 24.0 Å². The monoisotopic (exact) mass is 270 g/mol. The number of hydrogen-bond donors (Lipinski definition) is 1. The fourth-order valence-electron chi connectivity index (χ4n) is 1.41. The summed E-state index contributed by atoms with van der Waals surface area (Å²) < 4.78 is 5.04. The van der Waals surface area contributed by atoms with Crippen LogP contribution in [0.1, 0.15) is 30.8 Å². The average Bonchev–Trinajstić information content (AvgIpc) is 2.34. The summed E-state index contributed by atoms with van der Waals surface area (Å²) in [6, 6.07) is 4.99. The van der Waals surface area contributed by atoms with Crippen molar-refractivity contribution in [3.05, 3.63) is 29.0 Å². The van der Waals surface area contributed by atoms with Crippen molar-refractivity contribution in [2.75, 3.05) is 20.3 Å². The van der Waals surface area contributed by atoms with E-state index < -0.39 is 0 Å². The third-order valence-corrected chi connectivity index (χ3v) is 2.87. The van der Waals surface area contributed by atoms with Crippen LogP contribution >= 0.6 is 11.6 Å². The van der Waals surface area contributed by atoms with Gasteiger partial charge in [0.1, 0.15) is 10.8 Å². The number of nitrogens with zero attached hydrogens (tertiary/aromatic N) is 1. The maximum atomic E-state index is 11.9. The van der Waals surface area contributed by atoms with E-state index in [1.54, 1.807) is 25.3 Å². The van der Waals surface area contributed by atoms with Crippen molar-refractivity contribution >= 4 is 17.5 Å². The molecule has 0 aromatic carbocycles. The summed E-state index contributed by atoms with van der Waals surface area (Å²) in [5.41, 5.74) is 0.328. The maximum Gasteiger partial charge on any atom is 0.269 e. The molecule has 0 bridgehead atoms. The molecule has 0 aliphatic rings. The summed E-state index contributed by atoms with van der Waals surface area (Å²) in [6.45, 7) is 5.41. The number of hydrogen-bond acceptors (Lipinski definition) is 3. The van der Waals surface area contributed by atoms with Crippen LogP contribution in [-0.2, 0) is 4.74 Å². The van der Waals surface area contributed by atoms with Gasteiger partial charge in [-0.3, -0.25) is 4.79 Å². The smallest absolute Gasteiger partial charge is 0.269 e. The molecule has 1 aromatic rings. The highest BCUT2D eigenvalue weighted by Gasteiger charge is 2.19. The van der Waals surface area contributed by atoms with E-state index in [2.05, 4.69) is 24.1 Å². The summed E-state index contributed by atoms with van der Waals surface area (Å²) in [5.74, 6) is -0.206. The van der Waals surface area contributed by atoms with Crippen LogP contribution in [0.5, 0.6) is 0 Å².